The normalized spacial score (nSPS) is 14.1. The van der Waals surface area contributed by atoms with E-state index < -0.39 is 36.0 Å². The number of Topliss-reactive ketones (excluding diaryl/α,β-unsaturated/α-hetero) is 1. The number of aromatic nitrogens is 6. The Morgan fingerprint density at radius 3 is 2.47 bits per heavy atom. The molecule has 1 aliphatic carbocycles. The van der Waals surface area contributed by atoms with E-state index in [0.29, 0.717) is 21.4 Å². The Labute approximate surface area is 268 Å². The van der Waals surface area contributed by atoms with Crippen LogP contribution >= 0.6 is 34.2 Å². The van der Waals surface area contributed by atoms with E-state index in [4.69, 9.17) is 11.6 Å². The van der Waals surface area contributed by atoms with E-state index in [2.05, 4.69) is 48.3 Å². The number of rotatable bonds is 10. The number of hydrogen-bond donors (Lipinski definition) is 1. The number of benzene rings is 1. The summed E-state index contributed by atoms with van der Waals surface area (Å²) in [6.07, 6.45) is -3.51. The van der Waals surface area contributed by atoms with Crippen molar-refractivity contribution in [3.05, 3.63) is 85.1 Å². The highest BCUT2D eigenvalue weighted by atomic mass is 127. The third-order valence-corrected chi connectivity index (χ3v) is 7.77. The first-order chi connectivity index (χ1) is 21.0. The highest BCUT2D eigenvalue weighted by molar-refractivity contribution is 14.1. The van der Waals surface area contributed by atoms with Gasteiger partial charge in [0.1, 0.15) is 5.69 Å². The molecule has 5 rings (SSSR count). The second kappa shape index (κ2) is 12.0. The van der Waals surface area contributed by atoms with Crippen LogP contribution in [0.15, 0.2) is 42.7 Å². The molecule has 0 bridgehead atoms. The molecule has 0 spiro atoms. The summed E-state index contributed by atoms with van der Waals surface area (Å²) in [7, 11) is 0. The first kappa shape index (κ1) is 32.8. The number of pyridine rings is 1. The van der Waals surface area contributed by atoms with Gasteiger partial charge < -0.3 is 5.32 Å². The van der Waals surface area contributed by atoms with Crippen molar-refractivity contribution in [2.45, 2.75) is 56.8 Å². The van der Waals surface area contributed by atoms with Gasteiger partial charge in [0.2, 0.25) is 0 Å². The van der Waals surface area contributed by atoms with Gasteiger partial charge in [-0.05, 0) is 83.8 Å². The summed E-state index contributed by atoms with van der Waals surface area (Å²) in [6.45, 7) is 1.19. The van der Waals surface area contributed by atoms with Gasteiger partial charge in [-0.25, -0.2) is 14.3 Å². The fourth-order valence-electron chi connectivity index (χ4n) is 4.38. The second-order valence-electron chi connectivity index (χ2n) is 10.3. The van der Waals surface area contributed by atoms with E-state index >= 15 is 0 Å². The Balaban J connectivity index is 1.49. The number of aryl methyl sites for hydroxylation is 1. The number of hydrogen-bond acceptors (Lipinski definition) is 6. The fraction of sp³-hybridized carbons (Fsp3) is 0.333. The maximum atomic E-state index is 14.1. The molecule has 0 unspecified atom stereocenters. The lowest BCUT2D eigenvalue weighted by atomic mass is 9.95. The molecule has 1 N–H and O–H groups in total. The van der Waals surface area contributed by atoms with E-state index in [1.54, 1.807) is 19.1 Å². The molecule has 45 heavy (non-hydrogen) atoms. The first-order valence-corrected chi connectivity index (χ1v) is 14.5. The van der Waals surface area contributed by atoms with Crippen molar-refractivity contribution in [3.8, 4) is 5.82 Å². The van der Waals surface area contributed by atoms with Crippen LogP contribution in [-0.2, 0) is 18.9 Å². The van der Waals surface area contributed by atoms with Crippen molar-refractivity contribution in [3.63, 3.8) is 0 Å². The average Bonchev–Trinajstić information content (AvgIpc) is 3.46. The van der Waals surface area contributed by atoms with Crippen molar-refractivity contribution < 1.29 is 40.3 Å². The van der Waals surface area contributed by atoms with Gasteiger partial charge in [-0.1, -0.05) is 16.8 Å². The highest BCUT2D eigenvalue weighted by Crippen LogP contribution is 2.51. The predicted octanol–water partition coefficient (Wildman–Crippen LogP) is 6.08. The minimum atomic E-state index is -6.55. The molecule has 3 heterocycles. The first-order valence-electron chi connectivity index (χ1n) is 13.1. The van der Waals surface area contributed by atoms with Crippen LogP contribution < -0.4 is 5.32 Å². The van der Waals surface area contributed by atoms with Gasteiger partial charge in [-0.15, -0.1) is 5.10 Å². The lowest BCUT2D eigenvalue weighted by Crippen LogP contribution is -2.50. The monoisotopic (exact) mass is 769 g/mol. The van der Waals surface area contributed by atoms with Crippen molar-refractivity contribution in [2.75, 3.05) is 0 Å². The average molecular weight is 770 g/mol. The minimum absolute atomic E-state index is 0.00966. The van der Waals surface area contributed by atoms with Crippen molar-refractivity contribution >= 4 is 45.9 Å². The van der Waals surface area contributed by atoms with Gasteiger partial charge in [0, 0.05) is 27.8 Å². The smallest absolute Gasteiger partial charge is 0.349 e. The molecule has 18 heteroatoms. The molecular formula is C27H20ClF7IN7O2. The van der Waals surface area contributed by atoms with E-state index in [-0.39, 0.29) is 46.8 Å². The SMILES string of the molecule is Cc1cc(I)cc(C(=O)NC2CC2)c1CC(=O)c1cc(Cn2cc(C(F)(F)C(F)(F)C(F)(F)F)nn2)nn1-c1ncccc1Cl. The van der Waals surface area contributed by atoms with Gasteiger partial charge in [0.25, 0.3) is 5.91 Å². The summed E-state index contributed by atoms with van der Waals surface area (Å²) in [5, 5.41) is 13.3. The standard InChI is InChI=1S/C27H20ClF7IN7O2/c1-13-7-14(36)8-18(24(45)38-15-4-5-15)17(13)10-21(44)20-9-16(40-43(20)23-19(28)3-2-6-37-23)11-42-12-22(39-41-42)25(29,30)26(31,32)27(33,34)35/h2-3,6-9,12,15H,4-5,10-11H2,1H3,(H,38,45). The summed E-state index contributed by atoms with van der Waals surface area (Å²) in [6, 6.07) is 7.75. The topological polar surface area (TPSA) is 108 Å². The molecule has 1 aromatic carbocycles. The van der Waals surface area contributed by atoms with Gasteiger partial charge in [-0.3, -0.25) is 9.59 Å². The van der Waals surface area contributed by atoms with Crippen LogP contribution in [0.1, 0.15) is 56.2 Å². The fourth-order valence-corrected chi connectivity index (χ4v) is 5.36. The molecule has 1 saturated carbocycles. The third kappa shape index (κ3) is 6.54. The Morgan fingerprint density at radius 1 is 1.11 bits per heavy atom. The lowest BCUT2D eigenvalue weighted by molar-refractivity contribution is -0.360. The molecule has 0 atom stereocenters. The summed E-state index contributed by atoms with van der Waals surface area (Å²) in [5.74, 6) is -13.0. The molecule has 4 aromatic rings. The number of alkyl halides is 7. The van der Waals surface area contributed by atoms with Crippen LogP contribution in [0.2, 0.25) is 5.02 Å². The number of halogens is 9. The lowest BCUT2D eigenvalue weighted by Gasteiger charge is -2.26. The Morgan fingerprint density at radius 2 is 1.82 bits per heavy atom. The van der Waals surface area contributed by atoms with Gasteiger partial charge in [-0.2, -0.15) is 35.8 Å². The minimum Gasteiger partial charge on any atom is -0.349 e. The zero-order valence-corrected chi connectivity index (χ0v) is 25.8. The highest BCUT2D eigenvalue weighted by Gasteiger charge is 2.74. The maximum Gasteiger partial charge on any atom is 0.460 e. The molecule has 0 radical (unpaired) electrons. The van der Waals surface area contributed by atoms with E-state index in [1.165, 1.54) is 24.4 Å². The summed E-state index contributed by atoms with van der Waals surface area (Å²) in [5.41, 5.74) is -0.619. The van der Waals surface area contributed by atoms with Crippen LogP contribution in [0.4, 0.5) is 30.7 Å². The zero-order valence-electron chi connectivity index (χ0n) is 22.8. The quantitative estimate of drug-likeness (QED) is 0.119. The van der Waals surface area contributed by atoms with Crippen LogP contribution in [-0.4, -0.2) is 59.6 Å². The Hall–Kier alpha value is -3.61. The maximum absolute atomic E-state index is 14.1. The van der Waals surface area contributed by atoms with Crippen LogP contribution in [0.3, 0.4) is 0 Å². The summed E-state index contributed by atoms with van der Waals surface area (Å²) < 4.78 is 95.7. The third-order valence-electron chi connectivity index (χ3n) is 6.85. The van der Waals surface area contributed by atoms with Crippen LogP contribution in [0, 0.1) is 10.5 Å². The van der Waals surface area contributed by atoms with Gasteiger partial charge >= 0.3 is 18.0 Å². The molecule has 9 nitrogen and oxygen atoms in total. The number of nitrogens with zero attached hydrogens (tertiary/aromatic N) is 6. The largest absolute Gasteiger partial charge is 0.460 e. The van der Waals surface area contributed by atoms with Crippen LogP contribution in [0.5, 0.6) is 0 Å². The van der Waals surface area contributed by atoms with E-state index in [0.717, 1.165) is 21.1 Å². The predicted molar refractivity (Wildman–Crippen MR) is 153 cm³/mol. The number of ketones is 1. The molecular weight excluding hydrogens is 750 g/mol. The Kier molecular flexibility index (Phi) is 8.71. The zero-order chi connectivity index (χ0) is 32.9. The number of amides is 1. The Bertz CT molecular complexity index is 1790. The van der Waals surface area contributed by atoms with Crippen molar-refractivity contribution in [1.82, 2.24) is 35.1 Å². The molecule has 3 aromatic heterocycles. The molecule has 1 amide bonds. The number of carbonyl (C=O) groups excluding carboxylic acids is 2. The van der Waals surface area contributed by atoms with Crippen LogP contribution in [0.25, 0.3) is 5.82 Å². The summed E-state index contributed by atoms with van der Waals surface area (Å²) in [4.78, 5) is 30.9. The molecule has 1 aliphatic rings. The van der Waals surface area contributed by atoms with E-state index in [9.17, 15) is 40.3 Å². The van der Waals surface area contributed by atoms with Crippen molar-refractivity contribution in [2.24, 2.45) is 0 Å². The molecule has 238 valence electrons. The van der Waals surface area contributed by atoms with Crippen molar-refractivity contribution in [1.29, 1.82) is 0 Å². The van der Waals surface area contributed by atoms with Gasteiger partial charge in [0.05, 0.1) is 23.5 Å². The summed E-state index contributed by atoms with van der Waals surface area (Å²) >= 11 is 8.36. The molecule has 1 fully saturated rings. The molecule has 0 saturated heterocycles. The number of nitrogens with one attached hydrogen (secondary N) is 1. The molecule has 0 aliphatic heterocycles. The number of carbonyl (C=O) groups is 2. The van der Waals surface area contributed by atoms with E-state index in [1.807, 2.05) is 0 Å². The van der Waals surface area contributed by atoms with Gasteiger partial charge in [0.15, 0.2) is 17.3 Å². The second-order valence-corrected chi connectivity index (χ2v) is 11.9.